The first-order valence-corrected chi connectivity index (χ1v) is 1.99. The minimum absolute atomic E-state index is 0. The average Bonchev–Trinajstić information content (AvgIpc) is 1.91. The third kappa shape index (κ3) is 1.13. The van der Waals surface area contributed by atoms with E-state index in [-0.39, 0.29) is 18.2 Å². The molecule has 0 atom stereocenters. The van der Waals surface area contributed by atoms with Gasteiger partial charge in [0.15, 0.2) is 5.75 Å². The van der Waals surface area contributed by atoms with Gasteiger partial charge in [-0.25, -0.2) is 0 Å². The average molecular weight is 135 g/mol. The zero-order chi connectivity index (χ0) is 5.28. The molecule has 0 fully saturated rings. The molecule has 0 aliphatic rings. The molecule has 1 aromatic rings. The summed E-state index contributed by atoms with van der Waals surface area (Å²) in [5, 5.41) is 14.8. The summed E-state index contributed by atoms with van der Waals surface area (Å²) in [5.74, 6) is 0.222. The van der Waals surface area contributed by atoms with E-state index in [1.807, 2.05) is 0 Å². The van der Waals surface area contributed by atoms with Gasteiger partial charge in [0.05, 0.1) is 11.9 Å². The minimum Gasteiger partial charge on any atom is -0.504 e. The monoisotopic (exact) mass is 134 g/mol. The number of nitrogens with zero attached hydrogens (tertiary/aromatic N) is 1. The van der Waals surface area contributed by atoms with E-state index < -0.39 is 0 Å². The molecule has 4 heteroatoms. The molecule has 0 unspecified atom stereocenters. The molecular formula is C4H7ClN2O. The number of H-pyrrole nitrogens is 1. The van der Waals surface area contributed by atoms with Crippen molar-refractivity contribution >= 4 is 12.4 Å². The second-order valence-corrected chi connectivity index (χ2v) is 1.38. The number of rotatable bonds is 0. The van der Waals surface area contributed by atoms with Gasteiger partial charge in [0, 0.05) is 0 Å². The lowest BCUT2D eigenvalue weighted by molar-refractivity contribution is 0.471. The maximum absolute atomic E-state index is 8.67. The van der Waals surface area contributed by atoms with Crippen LogP contribution < -0.4 is 0 Å². The van der Waals surface area contributed by atoms with Gasteiger partial charge < -0.3 is 5.11 Å². The summed E-state index contributed by atoms with van der Waals surface area (Å²) in [6, 6.07) is 0. The lowest BCUT2D eigenvalue weighted by Crippen LogP contribution is -1.67. The van der Waals surface area contributed by atoms with Crippen molar-refractivity contribution in [1.29, 1.82) is 0 Å². The Kier molecular flexibility index (Phi) is 2.34. The molecule has 0 amide bonds. The van der Waals surface area contributed by atoms with Crippen LogP contribution in [0.3, 0.4) is 0 Å². The zero-order valence-corrected chi connectivity index (χ0v) is 5.20. The highest BCUT2D eigenvalue weighted by Gasteiger charge is 1.90. The van der Waals surface area contributed by atoms with Crippen LogP contribution in [0, 0.1) is 6.92 Å². The molecule has 0 saturated heterocycles. The maximum atomic E-state index is 8.67. The molecule has 8 heavy (non-hydrogen) atoms. The molecule has 0 spiro atoms. The largest absolute Gasteiger partial charge is 0.504 e. The first-order chi connectivity index (χ1) is 3.30. The molecule has 0 saturated carbocycles. The van der Waals surface area contributed by atoms with Gasteiger partial charge in [0.25, 0.3) is 0 Å². The molecule has 46 valence electrons. The molecule has 0 aliphatic heterocycles. The van der Waals surface area contributed by atoms with Crippen LogP contribution >= 0.6 is 12.4 Å². The zero-order valence-electron chi connectivity index (χ0n) is 4.38. The topological polar surface area (TPSA) is 48.9 Å². The summed E-state index contributed by atoms with van der Waals surface area (Å²) in [6.45, 7) is 1.75. The predicted octanol–water partition coefficient (Wildman–Crippen LogP) is 0.846. The van der Waals surface area contributed by atoms with Gasteiger partial charge >= 0.3 is 0 Å². The van der Waals surface area contributed by atoms with Crippen LogP contribution in [0.25, 0.3) is 0 Å². The van der Waals surface area contributed by atoms with Gasteiger partial charge in [0.1, 0.15) is 0 Å². The Hall–Kier alpha value is -0.700. The Morgan fingerprint density at radius 3 is 2.50 bits per heavy atom. The Bertz CT molecular complexity index is 146. The molecule has 2 N–H and O–H groups in total. The number of aryl methyl sites for hydroxylation is 1. The van der Waals surface area contributed by atoms with E-state index >= 15 is 0 Å². The van der Waals surface area contributed by atoms with Crippen LogP contribution in [0.5, 0.6) is 5.75 Å². The first-order valence-electron chi connectivity index (χ1n) is 1.99. The summed E-state index contributed by atoms with van der Waals surface area (Å²) in [5.41, 5.74) is 0.708. The van der Waals surface area contributed by atoms with Crippen LogP contribution in [0.15, 0.2) is 6.20 Å². The van der Waals surface area contributed by atoms with E-state index in [1.54, 1.807) is 6.92 Å². The van der Waals surface area contributed by atoms with Gasteiger partial charge in [-0.3, -0.25) is 5.10 Å². The third-order valence-corrected chi connectivity index (χ3v) is 0.803. The summed E-state index contributed by atoms with van der Waals surface area (Å²) in [4.78, 5) is 0. The fraction of sp³-hybridized carbons (Fsp3) is 0.250. The molecule has 1 aromatic heterocycles. The molecule has 0 aliphatic carbocycles. The molecular weight excluding hydrogens is 128 g/mol. The summed E-state index contributed by atoms with van der Waals surface area (Å²) < 4.78 is 0. The number of hydrogen-bond acceptors (Lipinski definition) is 2. The van der Waals surface area contributed by atoms with Crippen molar-refractivity contribution in [3.05, 3.63) is 11.9 Å². The lowest BCUT2D eigenvalue weighted by Gasteiger charge is -1.78. The highest BCUT2D eigenvalue weighted by Crippen LogP contribution is 2.07. The van der Waals surface area contributed by atoms with Crippen molar-refractivity contribution in [3.8, 4) is 5.75 Å². The second kappa shape index (κ2) is 2.57. The number of nitrogens with one attached hydrogen (secondary N) is 1. The normalized spacial score (nSPS) is 8.12. The fourth-order valence-corrected chi connectivity index (χ4v) is 0.344. The Labute approximate surface area is 53.1 Å². The third-order valence-electron chi connectivity index (χ3n) is 0.803. The van der Waals surface area contributed by atoms with Crippen molar-refractivity contribution in [2.75, 3.05) is 0 Å². The van der Waals surface area contributed by atoms with Crippen LogP contribution in [0.2, 0.25) is 0 Å². The number of aromatic nitrogens is 2. The van der Waals surface area contributed by atoms with E-state index in [2.05, 4.69) is 10.2 Å². The second-order valence-electron chi connectivity index (χ2n) is 1.38. The number of hydrogen-bond donors (Lipinski definition) is 2. The van der Waals surface area contributed by atoms with Gasteiger partial charge in [-0.15, -0.1) is 12.4 Å². The van der Waals surface area contributed by atoms with Crippen LogP contribution in [0.1, 0.15) is 5.69 Å². The molecule has 0 bridgehead atoms. The molecule has 1 heterocycles. The van der Waals surface area contributed by atoms with Crippen molar-refractivity contribution in [1.82, 2.24) is 10.2 Å². The Balaban J connectivity index is 0.000000490. The standard InChI is InChI=1S/C4H6N2O.ClH/c1-3-4(7)2-5-6-3;/h2,7H,1H3,(H,5,6);1H. The number of aromatic amines is 1. The van der Waals surface area contributed by atoms with Gasteiger partial charge in [-0.2, -0.15) is 5.10 Å². The van der Waals surface area contributed by atoms with Crippen LogP contribution in [-0.4, -0.2) is 15.3 Å². The minimum atomic E-state index is 0. The quantitative estimate of drug-likeness (QED) is 0.553. The van der Waals surface area contributed by atoms with Gasteiger partial charge in [-0.05, 0) is 6.92 Å². The van der Waals surface area contributed by atoms with Crippen molar-refractivity contribution in [2.45, 2.75) is 6.92 Å². The predicted molar refractivity (Wildman–Crippen MR) is 32.2 cm³/mol. The van der Waals surface area contributed by atoms with Crippen molar-refractivity contribution in [3.63, 3.8) is 0 Å². The van der Waals surface area contributed by atoms with Crippen LogP contribution in [-0.2, 0) is 0 Å². The number of halogens is 1. The lowest BCUT2D eigenvalue weighted by atomic mass is 10.5. The molecule has 1 rings (SSSR count). The van der Waals surface area contributed by atoms with Gasteiger partial charge in [0.2, 0.25) is 0 Å². The Morgan fingerprint density at radius 2 is 2.38 bits per heavy atom. The van der Waals surface area contributed by atoms with E-state index in [4.69, 9.17) is 5.11 Å². The van der Waals surface area contributed by atoms with Gasteiger partial charge in [-0.1, -0.05) is 0 Å². The van der Waals surface area contributed by atoms with E-state index in [9.17, 15) is 0 Å². The Morgan fingerprint density at radius 1 is 1.75 bits per heavy atom. The van der Waals surface area contributed by atoms with Crippen molar-refractivity contribution < 1.29 is 5.11 Å². The van der Waals surface area contributed by atoms with E-state index in [0.717, 1.165) is 0 Å². The molecule has 0 aromatic carbocycles. The summed E-state index contributed by atoms with van der Waals surface area (Å²) in [7, 11) is 0. The maximum Gasteiger partial charge on any atom is 0.156 e. The highest BCUT2D eigenvalue weighted by atomic mass is 35.5. The summed E-state index contributed by atoms with van der Waals surface area (Å²) >= 11 is 0. The van der Waals surface area contributed by atoms with E-state index in [0.29, 0.717) is 5.69 Å². The fourth-order valence-electron chi connectivity index (χ4n) is 0.344. The SMILES string of the molecule is Cc1[nH]ncc1O.Cl. The first kappa shape index (κ1) is 7.30. The smallest absolute Gasteiger partial charge is 0.156 e. The molecule has 0 radical (unpaired) electrons. The van der Waals surface area contributed by atoms with Crippen LogP contribution in [0.4, 0.5) is 0 Å². The highest BCUT2D eigenvalue weighted by molar-refractivity contribution is 5.85. The number of aromatic hydroxyl groups is 1. The summed E-state index contributed by atoms with van der Waals surface area (Å²) in [6.07, 6.45) is 1.37. The van der Waals surface area contributed by atoms with Crippen molar-refractivity contribution in [2.24, 2.45) is 0 Å². The molecule has 3 nitrogen and oxygen atoms in total. The van der Waals surface area contributed by atoms with E-state index in [1.165, 1.54) is 6.20 Å².